The molecule has 1 atom stereocenters. The zero-order chi connectivity index (χ0) is 19.8. The van der Waals surface area contributed by atoms with E-state index in [-0.39, 0.29) is 22.2 Å². The van der Waals surface area contributed by atoms with Crippen LogP contribution >= 0.6 is 11.6 Å². The molecule has 0 saturated carbocycles. The first-order valence-electron chi connectivity index (χ1n) is 8.07. The van der Waals surface area contributed by atoms with Gasteiger partial charge in [0.05, 0.1) is 23.8 Å². The second-order valence-corrected chi connectivity index (χ2v) is 8.33. The van der Waals surface area contributed by atoms with Crippen molar-refractivity contribution in [3.05, 3.63) is 58.6 Å². The van der Waals surface area contributed by atoms with E-state index in [1.807, 2.05) is 0 Å². The normalized spacial score (nSPS) is 14.9. The molecule has 0 aliphatic carbocycles. The number of hydrogen-bond acceptors (Lipinski definition) is 4. The van der Waals surface area contributed by atoms with Crippen LogP contribution in [0.25, 0.3) is 0 Å². The number of amides is 1. The summed E-state index contributed by atoms with van der Waals surface area (Å²) in [7, 11) is -2.40. The Morgan fingerprint density at radius 3 is 2.67 bits per heavy atom. The minimum atomic E-state index is -4.03. The molecule has 1 aliphatic heterocycles. The van der Waals surface area contributed by atoms with Crippen LogP contribution < -0.4 is 9.62 Å². The standard InChI is InChI=1S/C18H17ClN2O5S/c1-21-16-7-6-12(8-11(16)9-17(21)22)27(25,26)20-15(10-18(23)24)13-4-2-3-5-14(13)19/h2-8,15,20H,9-10H2,1H3,(H,23,24). The monoisotopic (exact) mass is 408 g/mol. The maximum absolute atomic E-state index is 12.8. The molecular formula is C18H17ClN2O5S. The lowest BCUT2D eigenvalue weighted by molar-refractivity contribution is -0.137. The number of carboxylic acids is 1. The Hall–Kier alpha value is -2.42. The van der Waals surface area contributed by atoms with Gasteiger partial charge in [-0.05, 0) is 35.4 Å². The summed E-state index contributed by atoms with van der Waals surface area (Å²) in [6.45, 7) is 0. The number of likely N-dealkylation sites (N-methyl/N-ethyl adjacent to an activating group) is 1. The van der Waals surface area contributed by atoms with Crippen molar-refractivity contribution < 1.29 is 23.1 Å². The van der Waals surface area contributed by atoms with Crippen molar-refractivity contribution in [1.82, 2.24) is 4.72 Å². The Morgan fingerprint density at radius 1 is 1.30 bits per heavy atom. The van der Waals surface area contributed by atoms with Crippen LogP contribution in [0, 0.1) is 0 Å². The molecule has 0 fully saturated rings. The fourth-order valence-corrected chi connectivity index (χ4v) is 4.55. The molecular weight excluding hydrogens is 392 g/mol. The number of sulfonamides is 1. The number of aliphatic carboxylic acids is 1. The van der Waals surface area contributed by atoms with Gasteiger partial charge < -0.3 is 10.0 Å². The molecule has 0 aromatic heterocycles. The first-order valence-corrected chi connectivity index (χ1v) is 9.93. The molecule has 1 amide bonds. The summed E-state index contributed by atoms with van der Waals surface area (Å²) in [6.07, 6.45) is -0.340. The molecule has 2 aromatic carbocycles. The molecule has 3 rings (SSSR count). The second kappa shape index (κ2) is 7.30. The summed E-state index contributed by atoms with van der Waals surface area (Å²) >= 11 is 6.12. The van der Waals surface area contributed by atoms with Gasteiger partial charge in [0.25, 0.3) is 0 Å². The highest BCUT2D eigenvalue weighted by molar-refractivity contribution is 7.89. The Morgan fingerprint density at radius 2 is 2.00 bits per heavy atom. The molecule has 9 heteroatoms. The number of nitrogens with zero attached hydrogens (tertiary/aromatic N) is 1. The number of fused-ring (bicyclic) bond motifs is 1. The van der Waals surface area contributed by atoms with Crippen LogP contribution in [0.1, 0.15) is 23.6 Å². The SMILES string of the molecule is CN1C(=O)Cc2cc(S(=O)(=O)NC(CC(=O)O)c3ccccc3Cl)ccc21. The number of carboxylic acid groups (broad SMARTS) is 1. The minimum absolute atomic E-state index is 0.0354. The van der Waals surface area contributed by atoms with E-state index < -0.39 is 28.5 Å². The highest BCUT2D eigenvalue weighted by Gasteiger charge is 2.29. The van der Waals surface area contributed by atoms with E-state index in [4.69, 9.17) is 16.7 Å². The number of carbonyl (C=O) groups is 2. The highest BCUT2D eigenvalue weighted by atomic mass is 35.5. The maximum Gasteiger partial charge on any atom is 0.305 e. The van der Waals surface area contributed by atoms with Gasteiger partial charge in [-0.2, -0.15) is 0 Å². The quantitative estimate of drug-likeness (QED) is 0.763. The lowest BCUT2D eigenvalue weighted by Gasteiger charge is -2.19. The van der Waals surface area contributed by atoms with Crippen LogP contribution in [0.15, 0.2) is 47.4 Å². The van der Waals surface area contributed by atoms with Crippen LogP contribution in [0.4, 0.5) is 5.69 Å². The van der Waals surface area contributed by atoms with Gasteiger partial charge >= 0.3 is 5.97 Å². The van der Waals surface area contributed by atoms with E-state index in [1.54, 1.807) is 37.4 Å². The van der Waals surface area contributed by atoms with Crippen LogP contribution in [0.3, 0.4) is 0 Å². The molecule has 1 aliphatic rings. The Kier molecular flexibility index (Phi) is 5.23. The third kappa shape index (κ3) is 3.97. The Labute approximate surface area is 161 Å². The van der Waals surface area contributed by atoms with Crippen molar-refractivity contribution in [2.24, 2.45) is 0 Å². The van der Waals surface area contributed by atoms with Crippen LogP contribution in [0.5, 0.6) is 0 Å². The molecule has 0 radical (unpaired) electrons. The molecule has 142 valence electrons. The zero-order valence-corrected chi connectivity index (χ0v) is 15.9. The maximum atomic E-state index is 12.8. The fraction of sp³-hybridized carbons (Fsp3) is 0.222. The third-order valence-electron chi connectivity index (χ3n) is 4.40. The Bertz CT molecular complexity index is 1020. The first kappa shape index (κ1) is 19.3. The van der Waals surface area contributed by atoms with Crippen molar-refractivity contribution in [2.75, 3.05) is 11.9 Å². The molecule has 1 heterocycles. The molecule has 7 nitrogen and oxygen atoms in total. The summed E-state index contributed by atoms with van der Waals surface area (Å²) in [5.41, 5.74) is 1.64. The predicted octanol–water partition coefficient (Wildman–Crippen LogP) is 2.35. The van der Waals surface area contributed by atoms with E-state index in [0.29, 0.717) is 16.8 Å². The summed E-state index contributed by atoms with van der Waals surface area (Å²) in [5, 5.41) is 9.44. The lowest BCUT2D eigenvalue weighted by atomic mass is 10.1. The fourth-order valence-electron chi connectivity index (χ4n) is 3.02. The van der Waals surface area contributed by atoms with E-state index in [1.165, 1.54) is 17.0 Å². The van der Waals surface area contributed by atoms with Gasteiger partial charge in [-0.3, -0.25) is 9.59 Å². The van der Waals surface area contributed by atoms with Gasteiger partial charge in [-0.1, -0.05) is 29.8 Å². The van der Waals surface area contributed by atoms with Crippen molar-refractivity contribution >= 4 is 39.2 Å². The Balaban J connectivity index is 1.94. The second-order valence-electron chi connectivity index (χ2n) is 6.21. The minimum Gasteiger partial charge on any atom is -0.481 e. The topological polar surface area (TPSA) is 104 Å². The molecule has 2 N–H and O–H groups in total. The third-order valence-corrected chi connectivity index (χ3v) is 6.21. The predicted molar refractivity (Wildman–Crippen MR) is 100 cm³/mol. The highest BCUT2D eigenvalue weighted by Crippen LogP contribution is 2.31. The van der Waals surface area contributed by atoms with Gasteiger partial charge in [-0.25, -0.2) is 13.1 Å². The van der Waals surface area contributed by atoms with E-state index in [0.717, 1.165) is 0 Å². The molecule has 27 heavy (non-hydrogen) atoms. The van der Waals surface area contributed by atoms with Crippen LogP contribution in [0.2, 0.25) is 5.02 Å². The number of anilines is 1. The molecule has 0 saturated heterocycles. The average molecular weight is 409 g/mol. The van der Waals surface area contributed by atoms with Gasteiger partial charge in [0, 0.05) is 17.8 Å². The molecule has 0 bridgehead atoms. The summed E-state index contributed by atoms with van der Waals surface area (Å²) in [6, 6.07) is 9.83. The van der Waals surface area contributed by atoms with Crippen molar-refractivity contribution in [2.45, 2.75) is 23.8 Å². The average Bonchev–Trinajstić information content (AvgIpc) is 2.88. The number of rotatable bonds is 6. The van der Waals surface area contributed by atoms with Crippen LogP contribution in [-0.2, 0) is 26.0 Å². The first-order chi connectivity index (χ1) is 12.7. The summed E-state index contributed by atoms with van der Waals surface area (Å²) in [4.78, 5) is 24.4. The molecule has 0 spiro atoms. The summed E-state index contributed by atoms with van der Waals surface area (Å²) < 4.78 is 28.1. The van der Waals surface area contributed by atoms with Gasteiger partial charge in [0.15, 0.2) is 0 Å². The molecule has 1 unspecified atom stereocenters. The van der Waals surface area contributed by atoms with E-state index in [2.05, 4.69) is 4.72 Å². The number of nitrogens with one attached hydrogen (secondary N) is 1. The van der Waals surface area contributed by atoms with Crippen molar-refractivity contribution in [1.29, 1.82) is 0 Å². The van der Waals surface area contributed by atoms with E-state index >= 15 is 0 Å². The van der Waals surface area contributed by atoms with Gasteiger partial charge in [0.2, 0.25) is 15.9 Å². The van der Waals surface area contributed by atoms with Crippen molar-refractivity contribution in [3.8, 4) is 0 Å². The van der Waals surface area contributed by atoms with Gasteiger partial charge in [0.1, 0.15) is 0 Å². The zero-order valence-electron chi connectivity index (χ0n) is 14.3. The van der Waals surface area contributed by atoms with Crippen molar-refractivity contribution in [3.63, 3.8) is 0 Å². The number of hydrogen-bond donors (Lipinski definition) is 2. The number of halogens is 1. The summed E-state index contributed by atoms with van der Waals surface area (Å²) in [5.74, 6) is -1.28. The van der Waals surface area contributed by atoms with Crippen LogP contribution in [-0.4, -0.2) is 32.4 Å². The lowest BCUT2D eigenvalue weighted by Crippen LogP contribution is -2.30. The van der Waals surface area contributed by atoms with Gasteiger partial charge in [-0.15, -0.1) is 0 Å². The molecule has 2 aromatic rings. The smallest absolute Gasteiger partial charge is 0.305 e. The van der Waals surface area contributed by atoms with E-state index in [9.17, 15) is 18.0 Å². The largest absolute Gasteiger partial charge is 0.481 e. The number of benzene rings is 2. The number of carbonyl (C=O) groups excluding carboxylic acids is 1.